The van der Waals surface area contributed by atoms with Gasteiger partial charge in [-0.2, -0.15) is 4.98 Å². The van der Waals surface area contributed by atoms with Gasteiger partial charge >= 0.3 is 0 Å². The first-order chi connectivity index (χ1) is 9.52. The minimum absolute atomic E-state index is 0.0238. The summed E-state index contributed by atoms with van der Waals surface area (Å²) in [6.45, 7) is 8.05. The lowest BCUT2D eigenvalue weighted by Crippen LogP contribution is -2.06. The van der Waals surface area contributed by atoms with Crippen LogP contribution in [-0.2, 0) is 0 Å². The zero-order valence-corrected chi connectivity index (χ0v) is 12.7. The van der Waals surface area contributed by atoms with Gasteiger partial charge in [-0.05, 0) is 44.9 Å². The molecule has 1 N–H and O–H groups in total. The number of aryl methyl sites for hydroxylation is 3. The lowest BCUT2D eigenvalue weighted by atomic mass is 10.1. The minimum atomic E-state index is 0.0238. The normalized spacial score (nSPS) is 12.8. The van der Waals surface area contributed by atoms with Crippen LogP contribution in [0.1, 0.15) is 34.1 Å². The van der Waals surface area contributed by atoms with Crippen molar-refractivity contribution in [2.24, 2.45) is 0 Å². The van der Waals surface area contributed by atoms with Crippen molar-refractivity contribution in [3.63, 3.8) is 0 Å². The number of aromatic nitrogens is 3. The maximum absolute atomic E-state index is 5.79. The van der Waals surface area contributed by atoms with E-state index in [1.54, 1.807) is 11.3 Å². The van der Waals surface area contributed by atoms with Gasteiger partial charge in [0.2, 0.25) is 0 Å². The molecule has 0 bridgehead atoms. The Kier molecular flexibility index (Phi) is 3.17. The summed E-state index contributed by atoms with van der Waals surface area (Å²) in [5, 5.41) is 13.3. The molecule has 0 aliphatic heterocycles. The van der Waals surface area contributed by atoms with E-state index in [1.807, 2.05) is 26.8 Å². The lowest BCUT2D eigenvalue weighted by molar-refractivity contribution is 0.600. The van der Waals surface area contributed by atoms with Crippen molar-refractivity contribution in [1.29, 1.82) is 0 Å². The number of nitrogens with zero attached hydrogens (tertiary/aromatic N) is 3. The van der Waals surface area contributed by atoms with E-state index in [1.165, 1.54) is 5.56 Å². The van der Waals surface area contributed by atoms with Crippen molar-refractivity contribution < 1.29 is 4.42 Å². The highest BCUT2D eigenvalue weighted by molar-refractivity contribution is 7.11. The third-order valence-corrected chi connectivity index (χ3v) is 4.09. The van der Waals surface area contributed by atoms with Crippen LogP contribution in [0.4, 0.5) is 6.01 Å². The standard InChI is InChI=1S/C14H16N4OS/c1-7-5-8(2)12-11(6-7)16-14(19-12)15-9(3)13-18-17-10(4)20-13/h5-6,9H,1-4H3,(H,15,16). The van der Waals surface area contributed by atoms with Gasteiger partial charge in [0.15, 0.2) is 5.58 Å². The number of benzene rings is 1. The molecule has 3 rings (SSSR count). The Labute approximate surface area is 121 Å². The van der Waals surface area contributed by atoms with Crippen LogP contribution in [0.2, 0.25) is 0 Å². The molecule has 6 heteroatoms. The molecule has 5 nitrogen and oxygen atoms in total. The van der Waals surface area contributed by atoms with Crippen molar-refractivity contribution in [1.82, 2.24) is 15.2 Å². The molecule has 1 atom stereocenters. The van der Waals surface area contributed by atoms with E-state index in [0.717, 1.165) is 26.7 Å². The molecule has 2 aromatic heterocycles. The number of nitrogens with one attached hydrogen (secondary N) is 1. The van der Waals surface area contributed by atoms with Crippen LogP contribution < -0.4 is 5.32 Å². The Morgan fingerprint density at radius 1 is 1.20 bits per heavy atom. The van der Waals surface area contributed by atoms with Crippen LogP contribution in [0.3, 0.4) is 0 Å². The number of fused-ring (bicyclic) bond motifs is 1. The van der Waals surface area contributed by atoms with E-state index in [0.29, 0.717) is 6.01 Å². The average molecular weight is 288 g/mol. The molecule has 0 aliphatic rings. The summed E-state index contributed by atoms with van der Waals surface area (Å²) < 4.78 is 5.79. The summed E-state index contributed by atoms with van der Waals surface area (Å²) in [4.78, 5) is 4.49. The van der Waals surface area contributed by atoms with Crippen LogP contribution in [0, 0.1) is 20.8 Å². The Morgan fingerprint density at radius 2 is 2.00 bits per heavy atom. The van der Waals surface area contributed by atoms with Crippen LogP contribution in [0.5, 0.6) is 0 Å². The van der Waals surface area contributed by atoms with Gasteiger partial charge in [0.05, 0.1) is 6.04 Å². The summed E-state index contributed by atoms with van der Waals surface area (Å²) in [6, 6.07) is 4.66. The van der Waals surface area contributed by atoms with Crippen molar-refractivity contribution >= 4 is 28.5 Å². The molecular weight excluding hydrogens is 272 g/mol. The summed E-state index contributed by atoms with van der Waals surface area (Å²) in [7, 11) is 0. The van der Waals surface area contributed by atoms with Crippen LogP contribution in [-0.4, -0.2) is 15.2 Å². The van der Waals surface area contributed by atoms with E-state index in [9.17, 15) is 0 Å². The highest BCUT2D eigenvalue weighted by Gasteiger charge is 2.15. The maximum atomic E-state index is 5.79. The predicted molar refractivity (Wildman–Crippen MR) is 80.2 cm³/mol. The van der Waals surface area contributed by atoms with E-state index >= 15 is 0 Å². The SMILES string of the molecule is Cc1cc(C)c2oc(NC(C)c3nnc(C)s3)nc2c1. The van der Waals surface area contributed by atoms with E-state index in [-0.39, 0.29) is 6.04 Å². The van der Waals surface area contributed by atoms with Crippen molar-refractivity contribution in [3.05, 3.63) is 33.3 Å². The summed E-state index contributed by atoms with van der Waals surface area (Å²) >= 11 is 1.57. The Hall–Kier alpha value is -1.95. The zero-order valence-electron chi connectivity index (χ0n) is 11.9. The third kappa shape index (κ3) is 2.38. The second-order valence-electron chi connectivity index (χ2n) is 4.97. The van der Waals surface area contributed by atoms with Crippen molar-refractivity contribution in [2.75, 3.05) is 5.32 Å². The first-order valence-corrected chi connectivity index (χ1v) is 7.29. The Bertz CT molecular complexity index is 762. The fourth-order valence-corrected chi connectivity index (χ4v) is 2.87. The van der Waals surface area contributed by atoms with E-state index < -0.39 is 0 Å². The van der Waals surface area contributed by atoms with Gasteiger partial charge < -0.3 is 9.73 Å². The highest BCUT2D eigenvalue weighted by atomic mass is 32.1. The quantitative estimate of drug-likeness (QED) is 0.794. The lowest BCUT2D eigenvalue weighted by Gasteiger charge is -2.07. The van der Waals surface area contributed by atoms with Gasteiger partial charge in [-0.15, -0.1) is 10.2 Å². The average Bonchev–Trinajstić information content (AvgIpc) is 2.95. The number of rotatable bonds is 3. The molecule has 0 radical (unpaired) electrons. The molecule has 104 valence electrons. The highest BCUT2D eigenvalue weighted by Crippen LogP contribution is 2.27. The molecule has 0 saturated carbocycles. The zero-order chi connectivity index (χ0) is 14.3. The summed E-state index contributed by atoms with van der Waals surface area (Å²) in [5.74, 6) is 0. The molecule has 3 aromatic rings. The molecule has 0 fully saturated rings. The smallest absolute Gasteiger partial charge is 0.296 e. The Balaban J connectivity index is 1.89. The number of hydrogen-bond acceptors (Lipinski definition) is 6. The molecule has 2 heterocycles. The Morgan fingerprint density at radius 3 is 2.70 bits per heavy atom. The second-order valence-corrected chi connectivity index (χ2v) is 6.19. The molecule has 0 spiro atoms. The van der Waals surface area contributed by atoms with Gasteiger partial charge in [0.1, 0.15) is 15.5 Å². The van der Waals surface area contributed by atoms with E-state index in [2.05, 4.69) is 33.5 Å². The number of oxazole rings is 1. The van der Waals surface area contributed by atoms with E-state index in [4.69, 9.17) is 4.42 Å². The molecule has 1 unspecified atom stereocenters. The predicted octanol–water partition coefficient (Wildman–Crippen LogP) is 3.78. The van der Waals surface area contributed by atoms with Gasteiger partial charge in [0, 0.05) is 0 Å². The van der Waals surface area contributed by atoms with Crippen LogP contribution >= 0.6 is 11.3 Å². The van der Waals surface area contributed by atoms with Crippen LogP contribution in [0.25, 0.3) is 11.1 Å². The third-order valence-electron chi connectivity index (χ3n) is 3.07. The molecule has 1 aromatic carbocycles. The fourth-order valence-electron chi connectivity index (χ4n) is 2.17. The molecule has 20 heavy (non-hydrogen) atoms. The topological polar surface area (TPSA) is 63.8 Å². The molecule has 0 amide bonds. The summed E-state index contributed by atoms with van der Waals surface area (Å²) in [5.41, 5.74) is 3.99. The maximum Gasteiger partial charge on any atom is 0.296 e. The van der Waals surface area contributed by atoms with Gasteiger partial charge in [-0.1, -0.05) is 17.4 Å². The largest absolute Gasteiger partial charge is 0.423 e. The monoisotopic (exact) mass is 288 g/mol. The second kappa shape index (κ2) is 4.86. The van der Waals surface area contributed by atoms with Gasteiger partial charge in [-0.3, -0.25) is 0 Å². The number of hydrogen-bond donors (Lipinski definition) is 1. The summed E-state index contributed by atoms with van der Waals surface area (Å²) in [6.07, 6.45) is 0. The fraction of sp³-hybridized carbons (Fsp3) is 0.357. The molecular formula is C14H16N4OS. The van der Waals surface area contributed by atoms with Crippen molar-refractivity contribution in [2.45, 2.75) is 33.7 Å². The minimum Gasteiger partial charge on any atom is -0.423 e. The first-order valence-electron chi connectivity index (χ1n) is 6.47. The number of anilines is 1. The molecule has 0 saturated heterocycles. The first kappa shape index (κ1) is 13.1. The van der Waals surface area contributed by atoms with Gasteiger partial charge in [0.25, 0.3) is 6.01 Å². The van der Waals surface area contributed by atoms with Crippen molar-refractivity contribution in [3.8, 4) is 0 Å². The van der Waals surface area contributed by atoms with Gasteiger partial charge in [-0.25, -0.2) is 0 Å². The van der Waals surface area contributed by atoms with Crippen LogP contribution in [0.15, 0.2) is 16.5 Å². The molecule has 0 aliphatic carbocycles.